The molecular formula is C22H46O5. The summed E-state index contributed by atoms with van der Waals surface area (Å²) >= 11 is 0. The van der Waals surface area contributed by atoms with Gasteiger partial charge in [0.2, 0.25) is 0 Å². The van der Waals surface area contributed by atoms with Crippen LogP contribution < -0.4 is 0 Å². The summed E-state index contributed by atoms with van der Waals surface area (Å²) in [6.07, 6.45) is 15.9. The molecule has 0 radical (unpaired) electrons. The summed E-state index contributed by atoms with van der Waals surface area (Å²) in [5.41, 5.74) is -1.83. The molecule has 164 valence electrons. The minimum absolute atomic E-state index is 0.175. The third kappa shape index (κ3) is 12.8. The minimum atomic E-state index is -1.83. The predicted octanol–water partition coefficient (Wildman–Crippen LogP) is 3.69. The fraction of sp³-hybridized carbons (Fsp3) is 1.00. The van der Waals surface area contributed by atoms with Gasteiger partial charge < -0.3 is 25.5 Å². The third-order valence-corrected chi connectivity index (χ3v) is 5.68. The lowest BCUT2D eigenvalue weighted by Crippen LogP contribution is -2.55. The molecule has 27 heavy (non-hydrogen) atoms. The highest BCUT2D eigenvalue weighted by Crippen LogP contribution is 2.24. The second kappa shape index (κ2) is 17.9. The van der Waals surface area contributed by atoms with Gasteiger partial charge in [0.15, 0.2) is 0 Å². The maximum Gasteiger partial charge on any atom is 0.121 e. The van der Waals surface area contributed by atoms with Gasteiger partial charge in [0.1, 0.15) is 17.8 Å². The molecule has 0 amide bonds. The molecule has 0 spiro atoms. The van der Waals surface area contributed by atoms with E-state index >= 15 is 0 Å². The molecule has 0 aliphatic carbocycles. The van der Waals surface area contributed by atoms with Crippen molar-refractivity contribution in [1.82, 2.24) is 0 Å². The van der Waals surface area contributed by atoms with E-state index in [2.05, 4.69) is 6.92 Å². The topological polar surface area (TPSA) is 101 Å². The molecule has 0 fully saturated rings. The molecule has 0 aromatic rings. The van der Waals surface area contributed by atoms with Crippen molar-refractivity contribution >= 4 is 0 Å². The van der Waals surface area contributed by atoms with Crippen LogP contribution >= 0.6 is 0 Å². The summed E-state index contributed by atoms with van der Waals surface area (Å²) in [6.45, 7) is 0.988. The van der Waals surface area contributed by atoms with E-state index < -0.39 is 31.0 Å². The van der Waals surface area contributed by atoms with Crippen molar-refractivity contribution in [2.24, 2.45) is 0 Å². The Morgan fingerprint density at radius 3 is 1.15 bits per heavy atom. The molecule has 0 aliphatic rings. The first-order valence-electron chi connectivity index (χ1n) is 11.3. The van der Waals surface area contributed by atoms with Crippen LogP contribution in [0, 0.1) is 0 Å². The average Bonchev–Trinajstić information content (AvgIpc) is 2.69. The fourth-order valence-electron chi connectivity index (χ4n) is 3.65. The Balaban J connectivity index is 3.53. The molecule has 0 aromatic heterocycles. The first-order valence-corrected chi connectivity index (χ1v) is 11.3. The number of hydrogen-bond donors (Lipinski definition) is 5. The summed E-state index contributed by atoms with van der Waals surface area (Å²) in [7, 11) is 0. The average molecular weight is 391 g/mol. The van der Waals surface area contributed by atoms with Crippen LogP contribution in [0.3, 0.4) is 0 Å². The van der Waals surface area contributed by atoms with Gasteiger partial charge in [-0.25, -0.2) is 0 Å². The zero-order valence-corrected chi connectivity index (χ0v) is 17.6. The van der Waals surface area contributed by atoms with Gasteiger partial charge in [-0.05, 0) is 6.42 Å². The van der Waals surface area contributed by atoms with Crippen LogP contribution in [0.4, 0.5) is 0 Å². The van der Waals surface area contributed by atoms with Crippen molar-refractivity contribution in [3.05, 3.63) is 0 Å². The van der Waals surface area contributed by atoms with E-state index in [-0.39, 0.29) is 6.42 Å². The Morgan fingerprint density at radius 2 is 0.852 bits per heavy atom. The standard InChI is InChI=1S/C22H46O5/c1-2-3-4-5-6-7-8-9-10-11-12-13-14-15-16-17-22(27,20(25)18-23)21(26)19-24/h20-21,23-27H,2-19H2,1H3. The van der Waals surface area contributed by atoms with Crippen LogP contribution in [0.2, 0.25) is 0 Å². The molecule has 0 bridgehead atoms. The maximum atomic E-state index is 10.3. The lowest BCUT2D eigenvalue weighted by atomic mass is 9.85. The Kier molecular flexibility index (Phi) is 17.7. The third-order valence-electron chi connectivity index (χ3n) is 5.68. The molecule has 2 unspecified atom stereocenters. The molecule has 5 N–H and O–H groups in total. The van der Waals surface area contributed by atoms with Gasteiger partial charge in [-0.3, -0.25) is 0 Å². The van der Waals surface area contributed by atoms with E-state index in [1.54, 1.807) is 0 Å². The molecule has 0 aromatic carbocycles. The van der Waals surface area contributed by atoms with E-state index in [4.69, 9.17) is 10.2 Å². The Labute approximate surface area is 166 Å². The second-order valence-electron chi connectivity index (χ2n) is 8.09. The van der Waals surface area contributed by atoms with Gasteiger partial charge >= 0.3 is 0 Å². The molecule has 0 saturated carbocycles. The lowest BCUT2D eigenvalue weighted by Gasteiger charge is -2.35. The first kappa shape index (κ1) is 26.8. The van der Waals surface area contributed by atoms with Gasteiger partial charge in [-0.2, -0.15) is 0 Å². The minimum Gasteiger partial charge on any atom is -0.394 e. The van der Waals surface area contributed by atoms with E-state index in [0.29, 0.717) is 6.42 Å². The number of unbranched alkanes of at least 4 members (excludes halogenated alkanes) is 14. The van der Waals surface area contributed by atoms with Crippen LogP contribution in [0.25, 0.3) is 0 Å². The summed E-state index contributed by atoms with van der Waals surface area (Å²) in [6, 6.07) is 0. The van der Waals surface area contributed by atoms with Crippen LogP contribution in [0.5, 0.6) is 0 Å². The van der Waals surface area contributed by atoms with Crippen molar-refractivity contribution in [3.63, 3.8) is 0 Å². The Hall–Kier alpha value is -0.200. The van der Waals surface area contributed by atoms with Crippen molar-refractivity contribution < 1.29 is 25.5 Å². The fourth-order valence-corrected chi connectivity index (χ4v) is 3.65. The zero-order chi connectivity index (χ0) is 20.4. The highest BCUT2D eigenvalue weighted by molar-refractivity contribution is 4.92. The quantitative estimate of drug-likeness (QED) is 0.204. The molecule has 0 rings (SSSR count). The summed E-state index contributed by atoms with van der Waals surface area (Å²) in [4.78, 5) is 0. The Morgan fingerprint density at radius 1 is 0.556 bits per heavy atom. The SMILES string of the molecule is CCCCCCCCCCCCCCCCCC(O)(C(O)CO)C(O)CO. The van der Waals surface area contributed by atoms with Gasteiger partial charge in [0.05, 0.1) is 13.2 Å². The highest BCUT2D eigenvalue weighted by Gasteiger charge is 2.41. The van der Waals surface area contributed by atoms with Crippen LogP contribution in [0.1, 0.15) is 110 Å². The number of aliphatic hydroxyl groups is 5. The van der Waals surface area contributed by atoms with Crippen molar-refractivity contribution in [2.45, 2.75) is 127 Å². The molecule has 0 saturated heterocycles. The van der Waals surface area contributed by atoms with Gasteiger partial charge in [-0.1, -0.05) is 103 Å². The maximum absolute atomic E-state index is 10.3. The second-order valence-corrected chi connectivity index (χ2v) is 8.09. The van der Waals surface area contributed by atoms with Gasteiger partial charge in [0, 0.05) is 0 Å². The number of hydrogen-bond acceptors (Lipinski definition) is 5. The summed E-state index contributed by atoms with van der Waals surface area (Å²) < 4.78 is 0. The molecule has 2 atom stereocenters. The van der Waals surface area contributed by atoms with Crippen LogP contribution in [0.15, 0.2) is 0 Å². The van der Waals surface area contributed by atoms with E-state index in [9.17, 15) is 15.3 Å². The van der Waals surface area contributed by atoms with Crippen LogP contribution in [-0.4, -0.2) is 56.6 Å². The molecule has 5 nitrogen and oxygen atoms in total. The molecule has 0 aliphatic heterocycles. The zero-order valence-electron chi connectivity index (χ0n) is 17.6. The van der Waals surface area contributed by atoms with Gasteiger partial charge in [-0.15, -0.1) is 0 Å². The van der Waals surface area contributed by atoms with E-state index in [1.165, 1.54) is 77.0 Å². The van der Waals surface area contributed by atoms with E-state index in [0.717, 1.165) is 12.8 Å². The van der Waals surface area contributed by atoms with Gasteiger partial charge in [0.25, 0.3) is 0 Å². The van der Waals surface area contributed by atoms with E-state index in [1.807, 2.05) is 0 Å². The number of rotatable bonds is 20. The lowest BCUT2D eigenvalue weighted by molar-refractivity contribution is -0.171. The highest BCUT2D eigenvalue weighted by atomic mass is 16.4. The molecule has 0 heterocycles. The summed E-state index contributed by atoms with van der Waals surface area (Å²) in [5.74, 6) is 0. The van der Waals surface area contributed by atoms with Crippen molar-refractivity contribution in [3.8, 4) is 0 Å². The number of aliphatic hydroxyl groups excluding tert-OH is 4. The van der Waals surface area contributed by atoms with Crippen molar-refractivity contribution in [2.75, 3.05) is 13.2 Å². The van der Waals surface area contributed by atoms with Crippen LogP contribution in [-0.2, 0) is 0 Å². The normalized spacial score (nSPS) is 16.2. The smallest absolute Gasteiger partial charge is 0.121 e. The predicted molar refractivity (Wildman–Crippen MR) is 111 cm³/mol. The molecular weight excluding hydrogens is 344 g/mol. The molecule has 5 heteroatoms. The Bertz CT molecular complexity index is 301. The van der Waals surface area contributed by atoms with Crippen molar-refractivity contribution in [1.29, 1.82) is 0 Å². The largest absolute Gasteiger partial charge is 0.394 e. The first-order chi connectivity index (χ1) is 13.0. The summed E-state index contributed by atoms with van der Waals surface area (Å²) in [5, 5.41) is 47.9. The monoisotopic (exact) mass is 390 g/mol.